The van der Waals surface area contributed by atoms with E-state index in [2.05, 4.69) is 33.9 Å². The normalized spacial score (nSPS) is 15.5. The standard InChI is InChI=1S/C30H33FN4O4S2/c1-21-27(39-26-12-14-34(15-13-26)22(2)25-6-4-3-5-7-25)16-32-30(29(21)31)41(37,38)35(28-19-40-20-33-28)17-23-8-10-24(18-36)11-9-23/h3-11,16,19-20,22,26,36H,12-15,17-18H2,1-2H3/t22-/m1/s1. The smallest absolute Gasteiger partial charge is 0.286 e. The largest absolute Gasteiger partial charge is 0.488 e. The third kappa shape index (κ3) is 6.43. The van der Waals surface area contributed by atoms with Crippen LogP contribution < -0.4 is 9.04 Å². The van der Waals surface area contributed by atoms with Gasteiger partial charge < -0.3 is 9.84 Å². The first-order valence-electron chi connectivity index (χ1n) is 13.5. The first-order chi connectivity index (χ1) is 19.8. The van der Waals surface area contributed by atoms with E-state index in [1.165, 1.54) is 35.5 Å². The second-order valence-corrected chi connectivity index (χ2v) is 12.6. The van der Waals surface area contributed by atoms with Gasteiger partial charge in [0.15, 0.2) is 11.6 Å². The molecule has 0 spiro atoms. The number of sulfonamides is 1. The van der Waals surface area contributed by atoms with Crippen LogP contribution in [-0.4, -0.2) is 47.6 Å². The van der Waals surface area contributed by atoms with Crippen LogP contribution >= 0.6 is 11.3 Å². The van der Waals surface area contributed by atoms with Gasteiger partial charge in [-0.2, -0.15) is 8.42 Å². The molecule has 0 amide bonds. The topological polar surface area (TPSA) is 95.9 Å². The van der Waals surface area contributed by atoms with Gasteiger partial charge >= 0.3 is 0 Å². The van der Waals surface area contributed by atoms with Crippen molar-refractivity contribution in [2.45, 2.75) is 57.0 Å². The number of thiazole rings is 1. The molecule has 2 aromatic carbocycles. The molecule has 0 unspecified atom stereocenters. The number of piperidine rings is 1. The number of aliphatic hydroxyl groups is 1. The Bertz CT molecular complexity index is 1540. The highest BCUT2D eigenvalue weighted by Crippen LogP contribution is 2.32. The number of aromatic nitrogens is 2. The predicted octanol–water partition coefficient (Wildman–Crippen LogP) is 5.48. The summed E-state index contributed by atoms with van der Waals surface area (Å²) in [5, 5.41) is 10.2. The average molecular weight is 597 g/mol. The molecule has 0 saturated carbocycles. The summed E-state index contributed by atoms with van der Waals surface area (Å²) in [5.74, 6) is -0.513. The van der Waals surface area contributed by atoms with Crippen LogP contribution in [0.25, 0.3) is 0 Å². The summed E-state index contributed by atoms with van der Waals surface area (Å²) < 4.78 is 50.4. The molecule has 0 radical (unpaired) electrons. The lowest BCUT2D eigenvalue weighted by molar-refractivity contribution is 0.0786. The highest BCUT2D eigenvalue weighted by molar-refractivity contribution is 7.92. The molecule has 216 valence electrons. The zero-order valence-corrected chi connectivity index (χ0v) is 24.6. The first kappa shape index (κ1) is 29.1. The Kier molecular flexibility index (Phi) is 8.98. The molecule has 1 aliphatic rings. The summed E-state index contributed by atoms with van der Waals surface area (Å²) in [4.78, 5) is 10.6. The minimum atomic E-state index is -4.40. The first-order valence-corrected chi connectivity index (χ1v) is 15.9. The number of likely N-dealkylation sites (tertiary alicyclic amines) is 1. The molecule has 2 aromatic heterocycles. The molecular weight excluding hydrogens is 563 g/mol. The highest BCUT2D eigenvalue weighted by atomic mass is 32.2. The van der Waals surface area contributed by atoms with E-state index in [0.29, 0.717) is 11.1 Å². The lowest BCUT2D eigenvalue weighted by Gasteiger charge is -2.36. The monoisotopic (exact) mass is 596 g/mol. The van der Waals surface area contributed by atoms with E-state index in [1.807, 2.05) is 18.2 Å². The molecule has 1 fully saturated rings. The molecule has 3 heterocycles. The van der Waals surface area contributed by atoms with Gasteiger partial charge in [0.25, 0.3) is 10.0 Å². The maximum Gasteiger partial charge on any atom is 0.286 e. The predicted molar refractivity (Wildman–Crippen MR) is 157 cm³/mol. The van der Waals surface area contributed by atoms with Crippen molar-refractivity contribution >= 4 is 27.2 Å². The number of pyridine rings is 1. The molecule has 5 rings (SSSR count). The van der Waals surface area contributed by atoms with Crippen LogP contribution in [-0.2, 0) is 23.2 Å². The third-order valence-electron chi connectivity index (χ3n) is 7.53. The van der Waals surface area contributed by atoms with Crippen LogP contribution in [0.4, 0.5) is 10.2 Å². The highest BCUT2D eigenvalue weighted by Gasteiger charge is 2.33. The van der Waals surface area contributed by atoms with Gasteiger partial charge in [0.1, 0.15) is 11.9 Å². The van der Waals surface area contributed by atoms with Crippen molar-refractivity contribution in [3.63, 3.8) is 0 Å². The second-order valence-electron chi connectivity index (χ2n) is 10.1. The van der Waals surface area contributed by atoms with Gasteiger partial charge in [-0.25, -0.2) is 18.7 Å². The quantitative estimate of drug-likeness (QED) is 0.259. The second kappa shape index (κ2) is 12.6. The summed E-state index contributed by atoms with van der Waals surface area (Å²) in [6.45, 7) is 5.18. The Balaban J connectivity index is 1.31. The lowest BCUT2D eigenvalue weighted by Crippen LogP contribution is -2.39. The fourth-order valence-electron chi connectivity index (χ4n) is 4.98. The van der Waals surface area contributed by atoms with Crippen LogP contribution in [0.1, 0.15) is 48.1 Å². The van der Waals surface area contributed by atoms with Gasteiger partial charge in [-0.3, -0.25) is 4.90 Å². The van der Waals surface area contributed by atoms with E-state index in [0.717, 1.165) is 30.2 Å². The van der Waals surface area contributed by atoms with E-state index in [1.54, 1.807) is 29.6 Å². The Hall–Kier alpha value is -3.38. The summed E-state index contributed by atoms with van der Waals surface area (Å²) in [6, 6.07) is 17.5. The molecule has 0 aliphatic carbocycles. The minimum Gasteiger partial charge on any atom is -0.488 e. The summed E-state index contributed by atoms with van der Waals surface area (Å²) in [6.07, 6.45) is 2.72. The molecule has 1 aliphatic heterocycles. The number of hydrogen-bond donors (Lipinski definition) is 1. The minimum absolute atomic E-state index is 0.0732. The molecular formula is C30H33FN4O4S2. The van der Waals surface area contributed by atoms with Gasteiger partial charge in [-0.1, -0.05) is 54.6 Å². The molecule has 8 nitrogen and oxygen atoms in total. The van der Waals surface area contributed by atoms with Crippen LogP contribution in [0.5, 0.6) is 5.75 Å². The third-order valence-corrected chi connectivity index (χ3v) is 9.77. The zero-order valence-electron chi connectivity index (χ0n) is 23.0. The Morgan fingerprint density at radius 2 is 1.78 bits per heavy atom. The Morgan fingerprint density at radius 3 is 2.41 bits per heavy atom. The Labute approximate surface area is 244 Å². The molecule has 1 N–H and O–H groups in total. The van der Waals surface area contributed by atoms with Crippen molar-refractivity contribution in [2.75, 3.05) is 17.4 Å². The van der Waals surface area contributed by atoms with Gasteiger partial charge in [0.05, 0.1) is 24.9 Å². The zero-order chi connectivity index (χ0) is 29.0. The van der Waals surface area contributed by atoms with Crippen LogP contribution in [0.3, 0.4) is 0 Å². The van der Waals surface area contributed by atoms with Crippen molar-refractivity contribution < 1.29 is 22.7 Å². The molecule has 4 aromatic rings. The number of hydrogen-bond acceptors (Lipinski definition) is 8. The van der Waals surface area contributed by atoms with Crippen molar-refractivity contribution in [3.8, 4) is 5.75 Å². The van der Waals surface area contributed by atoms with Crippen LogP contribution in [0, 0.1) is 12.7 Å². The summed E-state index contributed by atoms with van der Waals surface area (Å²) >= 11 is 1.24. The van der Waals surface area contributed by atoms with Gasteiger partial charge in [0.2, 0.25) is 5.03 Å². The maximum absolute atomic E-state index is 15.7. The van der Waals surface area contributed by atoms with E-state index in [9.17, 15) is 13.5 Å². The number of ether oxygens (including phenoxy) is 1. The number of benzene rings is 2. The van der Waals surface area contributed by atoms with Crippen molar-refractivity contribution in [1.29, 1.82) is 0 Å². The summed E-state index contributed by atoms with van der Waals surface area (Å²) in [5.41, 5.74) is 4.24. The maximum atomic E-state index is 15.7. The number of anilines is 1. The van der Waals surface area contributed by atoms with Gasteiger partial charge in [-0.05, 0) is 43.4 Å². The van der Waals surface area contributed by atoms with Gasteiger partial charge in [-0.15, -0.1) is 11.3 Å². The molecule has 1 atom stereocenters. The fourth-order valence-corrected chi connectivity index (χ4v) is 7.03. The van der Waals surface area contributed by atoms with Crippen molar-refractivity contribution in [2.24, 2.45) is 0 Å². The van der Waals surface area contributed by atoms with E-state index >= 15 is 4.39 Å². The Morgan fingerprint density at radius 1 is 1.10 bits per heavy atom. The summed E-state index contributed by atoms with van der Waals surface area (Å²) in [7, 11) is -4.40. The number of rotatable bonds is 10. The number of nitrogens with zero attached hydrogens (tertiary/aromatic N) is 4. The number of aliphatic hydroxyl groups excluding tert-OH is 1. The van der Waals surface area contributed by atoms with Crippen molar-refractivity contribution in [1.82, 2.24) is 14.9 Å². The molecule has 0 bridgehead atoms. The van der Waals surface area contributed by atoms with Crippen LogP contribution in [0.15, 0.2) is 76.7 Å². The van der Waals surface area contributed by atoms with Crippen molar-refractivity contribution in [3.05, 3.63) is 99.8 Å². The lowest BCUT2D eigenvalue weighted by atomic mass is 10.0. The van der Waals surface area contributed by atoms with Gasteiger partial charge in [0, 0.05) is 30.1 Å². The van der Waals surface area contributed by atoms with E-state index in [4.69, 9.17) is 4.74 Å². The molecule has 1 saturated heterocycles. The van der Waals surface area contributed by atoms with E-state index in [-0.39, 0.29) is 42.4 Å². The van der Waals surface area contributed by atoms with Crippen LogP contribution in [0.2, 0.25) is 0 Å². The van der Waals surface area contributed by atoms with E-state index < -0.39 is 20.9 Å². The number of halogens is 1. The SMILES string of the molecule is Cc1c(OC2CCN([C@H](C)c3ccccc3)CC2)cnc(S(=O)(=O)N(Cc2ccc(CO)cc2)c2cscn2)c1F. The fraction of sp³-hybridized carbons (Fsp3) is 0.333. The molecule has 11 heteroatoms. The average Bonchev–Trinajstić information content (AvgIpc) is 3.53. The molecule has 41 heavy (non-hydrogen) atoms.